The summed E-state index contributed by atoms with van der Waals surface area (Å²) in [6.07, 6.45) is 4.36. The Bertz CT molecular complexity index is 737. The van der Waals surface area contributed by atoms with Crippen molar-refractivity contribution in [3.8, 4) is 11.5 Å². The van der Waals surface area contributed by atoms with Crippen molar-refractivity contribution in [3.63, 3.8) is 0 Å². The first-order chi connectivity index (χ1) is 12.6. The minimum absolute atomic E-state index is 0.0711. The van der Waals surface area contributed by atoms with Crippen molar-refractivity contribution in [2.45, 2.75) is 38.6 Å². The number of nitrogens with one attached hydrogen (secondary N) is 1. The van der Waals surface area contributed by atoms with E-state index in [-0.39, 0.29) is 12.1 Å². The second kappa shape index (κ2) is 8.45. The van der Waals surface area contributed by atoms with E-state index in [9.17, 15) is 4.79 Å². The molecule has 6 heteroatoms. The highest BCUT2D eigenvalue weighted by Crippen LogP contribution is 2.35. The Labute approximate surface area is 158 Å². The number of benzene rings is 1. The molecule has 0 bridgehead atoms. The number of methoxy groups -OCH3 is 2. The Hall–Kier alpha value is -2.21. The molecule has 140 valence electrons. The molecule has 1 aromatic carbocycles. The molecule has 1 saturated heterocycles. The Morgan fingerprint density at radius 1 is 1.12 bits per heavy atom. The second-order valence-corrected chi connectivity index (χ2v) is 7.86. The van der Waals surface area contributed by atoms with Gasteiger partial charge in [0.1, 0.15) is 11.5 Å². The van der Waals surface area contributed by atoms with Crippen LogP contribution < -0.4 is 14.8 Å². The number of amides is 2. The molecule has 3 rings (SSSR count). The van der Waals surface area contributed by atoms with Gasteiger partial charge in [0.15, 0.2) is 0 Å². The van der Waals surface area contributed by atoms with Crippen LogP contribution in [-0.4, -0.2) is 31.7 Å². The molecule has 1 aliphatic rings. The summed E-state index contributed by atoms with van der Waals surface area (Å²) in [6, 6.07) is 9.77. The standard InChI is InChI=1S/C20H26N2O3S/c1-14-8-9-19(26-14)18-7-5-4-6-10-22(18)20(23)21-15-11-16(24-2)13-17(12-15)25-3/h8-9,11-13,18H,4-7,10H2,1-3H3,(H,21,23). The monoisotopic (exact) mass is 374 g/mol. The van der Waals surface area contributed by atoms with Gasteiger partial charge in [-0.25, -0.2) is 4.79 Å². The predicted octanol–water partition coefficient (Wildman–Crippen LogP) is 5.22. The first-order valence-electron chi connectivity index (χ1n) is 8.97. The highest BCUT2D eigenvalue weighted by atomic mass is 32.1. The summed E-state index contributed by atoms with van der Waals surface area (Å²) in [4.78, 5) is 17.6. The van der Waals surface area contributed by atoms with Gasteiger partial charge in [-0.3, -0.25) is 0 Å². The third-order valence-electron chi connectivity index (χ3n) is 4.71. The fourth-order valence-electron chi connectivity index (χ4n) is 3.35. The van der Waals surface area contributed by atoms with Crippen LogP contribution in [0.5, 0.6) is 11.5 Å². The van der Waals surface area contributed by atoms with E-state index >= 15 is 0 Å². The van der Waals surface area contributed by atoms with Crippen molar-refractivity contribution in [1.82, 2.24) is 4.90 Å². The number of anilines is 1. The summed E-state index contributed by atoms with van der Waals surface area (Å²) in [7, 11) is 3.20. The lowest BCUT2D eigenvalue weighted by atomic mass is 10.1. The van der Waals surface area contributed by atoms with Crippen LogP contribution in [0.3, 0.4) is 0 Å². The summed E-state index contributed by atoms with van der Waals surface area (Å²) in [5.41, 5.74) is 0.677. The number of thiophene rings is 1. The maximum absolute atomic E-state index is 13.0. The van der Waals surface area contributed by atoms with Crippen LogP contribution in [0.25, 0.3) is 0 Å². The Balaban J connectivity index is 1.82. The minimum Gasteiger partial charge on any atom is -0.497 e. The molecule has 0 saturated carbocycles. The SMILES string of the molecule is COc1cc(NC(=O)N2CCCCCC2c2ccc(C)s2)cc(OC)c1. The highest BCUT2D eigenvalue weighted by Gasteiger charge is 2.28. The van der Waals surface area contributed by atoms with E-state index in [1.54, 1.807) is 31.6 Å². The molecule has 1 aliphatic heterocycles. The van der Waals surface area contributed by atoms with Gasteiger partial charge in [-0.15, -0.1) is 11.3 Å². The number of aryl methyl sites for hydroxylation is 1. The zero-order valence-corrected chi connectivity index (χ0v) is 16.4. The number of ether oxygens (including phenoxy) is 2. The lowest BCUT2D eigenvalue weighted by Gasteiger charge is -2.29. The maximum Gasteiger partial charge on any atom is 0.322 e. The van der Waals surface area contributed by atoms with Crippen molar-refractivity contribution in [2.75, 3.05) is 26.1 Å². The number of carbonyl (C=O) groups excluding carboxylic acids is 1. The van der Waals surface area contributed by atoms with E-state index in [1.165, 1.54) is 9.75 Å². The van der Waals surface area contributed by atoms with Crippen LogP contribution in [0, 0.1) is 6.92 Å². The average molecular weight is 375 g/mol. The van der Waals surface area contributed by atoms with Crippen molar-refractivity contribution >= 4 is 23.1 Å². The number of nitrogens with zero attached hydrogens (tertiary/aromatic N) is 1. The molecule has 0 radical (unpaired) electrons. The number of rotatable bonds is 4. The predicted molar refractivity (Wildman–Crippen MR) is 106 cm³/mol. The lowest BCUT2D eigenvalue weighted by Crippen LogP contribution is -2.37. The molecule has 1 fully saturated rings. The minimum atomic E-state index is -0.0711. The topological polar surface area (TPSA) is 50.8 Å². The summed E-state index contributed by atoms with van der Waals surface area (Å²) in [5, 5.41) is 3.03. The molecule has 1 N–H and O–H groups in total. The maximum atomic E-state index is 13.0. The Morgan fingerprint density at radius 3 is 2.46 bits per heavy atom. The Kier molecular flexibility index (Phi) is 6.04. The number of hydrogen-bond donors (Lipinski definition) is 1. The lowest BCUT2D eigenvalue weighted by molar-refractivity contribution is 0.190. The van der Waals surface area contributed by atoms with Gasteiger partial charge in [0.05, 0.1) is 20.3 Å². The van der Waals surface area contributed by atoms with E-state index < -0.39 is 0 Å². The van der Waals surface area contributed by atoms with Crippen molar-refractivity contribution < 1.29 is 14.3 Å². The molecule has 2 heterocycles. The molecule has 5 nitrogen and oxygen atoms in total. The number of likely N-dealkylation sites (tertiary alicyclic amines) is 1. The van der Waals surface area contributed by atoms with Gasteiger partial charge in [-0.1, -0.05) is 12.8 Å². The first-order valence-corrected chi connectivity index (χ1v) is 9.79. The van der Waals surface area contributed by atoms with E-state index in [2.05, 4.69) is 24.4 Å². The fraction of sp³-hybridized carbons (Fsp3) is 0.450. The van der Waals surface area contributed by atoms with Crippen molar-refractivity contribution in [1.29, 1.82) is 0 Å². The van der Waals surface area contributed by atoms with Crippen LogP contribution >= 0.6 is 11.3 Å². The zero-order chi connectivity index (χ0) is 18.5. The molecular formula is C20H26N2O3S. The highest BCUT2D eigenvalue weighted by molar-refractivity contribution is 7.12. The van der Waals surface area contributed by atoms with Gasteiger partial charge in [0.25, 0.3) is 0 Å². The summed E-state index contributed by atoms with van der Waals surface area (Å²) < 4.78 is 10.6. The third-order valence-corrected chi connectivity index (χ3v) is 5.81. The van der Waals surface area contributed by atoms with Gasteiger partial charge in [-0.2, -0.15) is 0 Å². The van der Waals surface area contributed by atoms with Crippen LogP contribution in [0.4, 0.5) is 10.5 Å². The largest absolute Gasteiger partial charge is 0.497 e. The second-order valence-electron chi connectivity index (χ2n) is 6.54. The number of hydrogen-bond acceptors (Lipinski definition) is 4. The van der Waals surface area contributed by atoms with Crippen molar-refractivity contribution in [3.05, 3.63) is 40.1 Å². The van der Waals surface area contributed by atoms with Crippen LogP contribution in [0.1, 0.15) is 41.5 Å². The van der Waals surface area contributed by atoms with Crippen molar-refractivity contribution in [2.24, 2.45) is 0 Å². The summed E-state index contributed by atoms with van der Waals surface area (Å²) in [5.74, 6) is 1.31. The molecule has 1 atom stereocenters. The zero-order valence-electron chi connectivity index (χ0n) is 15.6. The van der Waals surface area contributed by atoms with Gasteiger partial charge in [-0.05, 0) is 31.9 Å². The molecule has 26 heavy (non-hydrogen) atoms. The van der Waals surface area contributed by atoms with Gasteiger partial charge in [0.2, 0.25) is 0 Å². The van der Waals surface area contributed by atoms with E-state index in [4.69, 9.17) is 9.47 Å². The normalized spacial score (nSPS) is 17.5. The van der Waals surface area contributed by atoms with Crippen LogP contribution in [-0.2, 0) is 0 Å². The van der Waals surface area contributed by atoms with Gasteiger partial charge >= 0.3 is 6.03 Å². The molecule has 0 spiro atoms. The van der Waals surface area contributed by atoms with E-state index in [0.717, 1.165) is 32.2 Å². The first kappa shape index (κ1) is 18.6. The quantitative estimate of drug-likeness (QED) is 0.798. The fourth-order valence-corrected chi connectivity index (χ4v) is 4.38. The summed E-state index contributed by atoms with van der Waals surface area (Å²) in [6.45, 7) is 2.88. The molecule has 1 aromatic heterocycles. The third kappa shape index (κ3) is 4.30. The molecular weight excluding hydrogens is 348 g/mol. The Morgan fingerprint density at radius 2 is 1.85 bits per heavy atom. The molecule has 2 amide bonds. The summed E-state index contributed by atoms with van der Waals surface area (Å²) >= 11 is 1.78. The van der Waals surface area contributed by atoms with Gasteiger partial charge in [0, 0.05) is 40.2 Å². The van der Waals surface area contributed by atoms with Crippen LogP contribution in [0.15, 0.2) is 30.3 Å². The van der Waals surface area contributed by atoms with E-state index in [1.807, 2.05) is 17.0 Å². The molecule has 2 aromatic rings. The smallest absolute Gasteiger partial charge is 0.322 e. The molecule has 1 unspecified atom stereocenters. The average Bonchev–Trinajstić information content (AvgIpc) is 2.93. The van der Waals surface area contributed by atoms with Gasteiger partial charge < -0.3 is 19.7 Å². The number of urea groups is 1. The number of carbonyl (C=O) groups is 1. The van der Waals surface area contributed by atoms with Crippen LogP contribution in [0.2, 0.25) is 0 Å². The van der Waals surface area contributed by atoms with E-state index in [0.29, 0.717) is 17.2 Å². The molecule has 0 aliphatic carbocycles.